The van der Waals surface area contributed by atoms with Crippen LogP contribution in [0.4, 0.5) is 0 Å². The average Bonchev–Trinajstić information content (AvgIpc) is 2.64. The molecule has 0 atom stereocenters. The summed E-state index contributed by atoms with van der Waals surface area (Å²) < 4.78 is 0. The highest BCUT2D eigenvalue weighted by molar-refractivity contribution is 6.30. The minimum atomic E-state index is -1.03. The first-order valence-electron chi connectivity index (χ1n) is 7.08. The summed E-state index contributed by atoms with van der Waals surface area (Å²) in [6.45, 7) is 0. The van der Waals surface area contributed by atoms with E-state index in [1.54, 1.807) is 24.3 Å². The standard InChI is InChI=1S/C18H10ClN5/c19-15-8-6-13(7-9-15)18-22-16(14(10-20)11-21)17(23-24-18)12-4-2-1-3-5-12/h1-9,14H. The van der Waals surface area contributed by atoms with Crippen molar-refractivity contribution >= 4 is 11.6 Å². The fourth-order valence-electron chi connectivity index (χ4n) is 2.21. The molecule has 0 saturated heterocycles. The molecule has 0 N–H and O–H groups in total. The molecular formula is C18H10ClN5. The predicted molar refractivity (Wildman–Crippen MR) is 89.7 cm³/mol. The van der Waals surface area contributed by atoms with Crippen LogP contribution in [0.15, 0.2) is 54.6 Å². The molecule has 24 heavy (non-hydrogen) atoms. The second-order valence-corrected chi connectivity index (χ2v) is 5.37. The molecule has 0 aliphatic heterocycles. The van der Waals surface area contributed by atoms with E-state index < -0.39 is 5.92 Å². The zero-order valence-electron chi connectivity index (χ0n) is 12.4. The molecule has 0 fully saturated rings. The van der Waals surface area contributed by atoms with Crippen molar-refractivity contribution in [1.29, 1.82) is 10.5 Å². The molecule has 0 aliphatic rings. The van der Waals surface area contributed by atoms with Crippen molar-refractivity contribution in [2.45, 2.75) is 5.92 Å². The largest absolute Gasteiger partial charge is 0.227 e. The van der Waals surface area contributed by atoms with Gasteiger partial charge in [-0.2, -0.15) is 10.5 Å². The first kappa shape index (κ1) is 15.6. The summed E-state index contributed by atoms with van der Waals surface area (Å²) in [7, 11) is 0. The van der Waals surface area contributed by atoms with Gasteiger partial charge in [0.2, 0.25) is 0 Å². The van der Waals surface area contributed by atoms with Crippen LogP contribution >= 0.6 is 11.6 Å². The van der Waals surface area contributed by atoms with E-state index in [1.807, 2.05) is 42.5 Å². The lowest BCUT2D eigenvalue weighted by molar-refractivity contribution is 0.910. The molecule has 3 rings (SSSR count). The van der Waals surface area contributed by atoms with Crippen LogP contribution < -0.4 is 0 Å². The Morgan fingerprint density at radius 1 is 0.833 bits per heavy atom. The Labute approximate surface area is 143 Å². The van der Waals surface area contributed by atoms with E-state index in [-0.39, 0.29) is 0 Å². The van der Waals surface area contributed by atoms with Crippen molar-refractivity contribution < 1.29 is 0 Å². The zero-order chi connectivity index (χ0) is 16.9. The predicted octanol–water partition coefficient (Wildman–Crippen LogP) is 3.99. The van der Waals surface area contributed by atoms with E-state index in [2.05, 4.69) is 15.2 Å². The van der Waals surface area contributed by atoms with Gasteiger partial charge >= 0.3 is 0 Å². The van der Waals surface area contributed by atoms with Gasteiger partial charge < -0.3 is 0 Å². The maximum absolute atomic E-state index is 9.27. The molecule has 1 heterocycles. The van der Waals surface area contributed by atoms with Crippen LogP contribution in [-0.2, 0) is 0 Å². The molecule has 0 radical (unpaired) electrons. The van der Waals surface area contributed by atoms with E-state index in [0.717, 1.165) is 5.56 Å². The molecule has 0 spiro atoms. The highest BCUT2D eigenvalue weighted by Gasteiger charge is 2.20. The molecular weight excluding hydrogens is 322 g/mol. The molecule has 2 aromatic carbocycles. The Morgan fingerprint density at radius 2 is 1.50 bits per heavy atom. The van der Waals surface area contributed by atoms with Gasteiger partial charge in [-0.15, -0.1) is 10.2 Å². The van der Waals surface area contributed by atoms with Gasteiger partial charge in [-0.1, -0.05) is 41.9 Å². The maximum Gasteiger partial charge on any atom is 0.182 e. The number of nitrogens with zero attached hydrogens (tertiary/aromatic N) is 5. The summed E-state index contributed by atoms with van der Waals surface area (Å²) in [6, 6.07) is 20.1. The maximum atomic E-state index is 9.27. The van der Waals surface area contributed by atoms with Gasteiger partial charge in [0.05, 0.1) is 12.1 Å². The third kappa shape index (κ3) is 3.08. The van der Waals surface area contributed by atoms with E-state index in [0.29, 0.717) is 27.8 Å². The van der Waals surface area contributed by atoms with Crippen molar-refractivity contribution in [3.05, 3.63) is 65.3 Å². The molecule has 0 bridgehead atoms. The van der Waals surface area contributed by atoms with Gasteiger partial charge in [0, 0.05) is 16.1 Å². The molecule has 114 valence electrons. The second kappa shape index (κ2) is 6.87. The quantitative estimate of drug-likeness (QED) is 0.724. The molecule has 0 amide bonds. The van der Waals surface area contributed by atoms with Crippen LogP contribution in [0.2, 0.25) is 5.02 Å². The number of aromatic nitrogens is 3. The Kier molecular flexibility index (Phi) is 4.47. The zero-order valence-corrected chi connectivity index (χ0v) is 13.1. The molecule has 3 aromatic rings. The SMILES string of the molecule is N#CC(C#N)c1nc(-c2ccc(Cl)cc2)nnc1-c1ccccc1. The first-order valence-corrected chi connectivity index (χ1v) is 7.46. The summed E-state index contributed by atoms with van der Waals surface area (Å²) in [5, 5.41) is 27.5. The smallest absolute Gasteiger partial charge is 0.182 e. The average molecular weight is 332 g/mol. The highest BCUT2D eigenvalue weighted by Crippen LogP contribution is 2.27. The summed E-state index contributed by atoms with van der Waals surface area (Å²) >= 11 is 5.89. The summed E-state index contributed by atoms with van der Waals surface area (Å²) in [5.74, 6) is -0.682. The Hall–Kier alpha value is -3.28. The van der Waals surface area contributed by atoms with Gasteiger partial charge in [-0.3, -0.25) is 0 Å². The van der Waals surface area contributed by atoms with Crippen molar-refractivity contribution in [3.63, 3.8) is 0 Å². The summed E-state index contributed by atoms with van der Waals surface area (Å²) in [5.41, 5.74) is 2.20. The van der Waals surface area contributed by atoms with E-state index in [1.165, 1.54) is 0 Å². The Morgan fingerprint density at radius 3 is 2.12 bits per heavy atom. The number of nitriles is 2. The Balaban J connectivity index is 2.17. The molecule has 0 aliphatic carbocycles. The van der Waals surface area contributed by atoms with Crippen LogP contribution in [0.3, 0.4) is 0 Å². The van der Waals surface area contributed by atoms with Gasteiger partial charge in [-0.05, 0) is 24.3 Å². The fraction of sp³-hybridized carbons (Fsp3) is 0.0556. The van der Waals surface area contributed by atoms with Crippen molar-refractivity contribution in [1.82, 2.24) is 15.2 Å². The minimum absolute atomic E-state index is 0.297. The van der Waals surface area contributed by atoms with Crippen molar-refractivity contribution in [2.24, 2.45) is 0 Å². The number of halogens is 1. The van der Waals surface area contributed by atoms with Crippen LogP contribution in [-0.4, -0.2) is 15.2 Å². The minimum Gasteiger partial charge on any atom is -0.227 e. The van der Waals surface area contributed by atoms with Crippen LogP contribution in [0.25, 0.3) is 22.6 Å². The second-order valence-electron chi connectivity index (χ2n) is 4.93. The van der Waals surface area contributed by atoms with Gasteiger partial charge in [0.15, 0.2) is 11.7 Å². The number of hydrogen-bond donors (Lipinski definition) is 0. The summed E-state index contributed by atoms with van der Waals surface area (Å²) in [4.78, 5) is 4.43. The Bertz CT molecular complexity index is 926. The van der Waals surface area contributed by atoms with Crippen molar-refractivity contribution in [2.75, 3.05) is 0 Å². The van der Waals surface area contributed by atoms with Gasteiger partial charge in [-0.25, -0.2) is 4.98 Å². The third-order valence-electron chi connectivity index (χ3n) is 3.39. The highest BCUT2D eigenvalue weighted by atomic mass is 35.5. The van der Waals surface area contributed by atoms with Gasteiger partial charge in [0.25, 0.3) is 0 Å². The number of hydrogen-bond acceptors (Lipinski definition) is 5. The third-order valence-corrected chi connectivity index (χ3v) is 3.65. The van der Waals surface area contributed by atoms with Crippen molar-refractivity contribution in [3.8, 4) is 34.8 Å². The summed E-state index contributed by atoms with van der Waals surface area (Å²) in [6.07, 6.45) is 0. The van der Waals surface area contributed by atoms with E-state index in [4.69, 9.17) is 11.6 Å². The normalized spacial score (nSPS) is 10.2. The molecule has 1 aromatic heterocycles. The molecule has 0 unspecified atom stereocenters. The monoisotopic (exact) mass is 331 g/mol. The van der Waals surface area contributed by atoms with Gasteiger partial charge in [0.1, 0.15) is 11.4 Å². The number of benzene rings is 2. The fourth-order valence-corrected chi connectivity index (χ4v) is 2.34. The topological polar surface area (TPSA) is 86.2 Å². The first-order chi connectivity index (χ1) is 11.7. The molecule has 0 saturated carbocycles. The number of rotatable bonds is 3. The lowest BCUT2D eigenvalue weighted by Gasteiger charge is -2.09. The van der Waals surface area contributed by atoms with Crippen LogP contribution in [0.1, 0.15) is 11.6 Å². The lowest BCUT2D eigenvalue weighted by Crippen LogP contribution is -2.06. The molecule has 5 nitrogen and oxygen atoms in total. The van der Waals surface area contributed by atoms with Crippen LogP contribution in [0.5, 0.6) is 0 Å². The molecule has 6 heteroatoms. The van der Waals surface area contributed by atoms with E-state index >= 15 is 0 Å². The lowest BCUT2D eigenvalue weighted by atomic mass is 10.0. The van der Waals surface area contributed by atoms with Crippen LogP contribution in [0, 0.1) is 22.7 Å². The van der Waals surface area contributed by atoms with E-state index in [9.17, 15) is 10.5 Å².